The van der Waals surface area contributed by atoms with Crippen LogP contribution in [0.15, 0.2) is 0 Å². The van der Waals surface area contributed by atoms with Crippen LogP contribution in [0.1, 0.15) is 33.6 Å². The van der Waals surface area contributed by atoms with E-state index in [2.05, 4.69) is 19.2 Å². The van der Waals surface area contributed by atoms with Gasteiger partial charge in [-0.3, -0.25) is 19.8 Å². The minimum absolute atomic E-state index is 0.0880. The van der Waals surface area contributed by atoms with E-state index < -0.39 is 0 Å². The average Bonchev–Trinajstić information content (AvgIpc) is 2.17. The summed E-state index contributed by atoms with van der Waals surface area (Å²) in [6, 6.07) is -0.221. The van der Waals surface area contributed by atoms with Crippen molar-refractivity contribution in [2.75, 3.05) is 13.1 Å². The van der Waals surface area contributed by atoms with Crippen LogP contribution in [0.5, 0.6) is 0 Å². The van der Waals surface area contributed by atoms with Gasteiger partial charge in [0.2, 0.25) is 11.8 Å². The van der Waals surface area contributed by atoms with E-state index in [1.54, 1.807) is 6.92 Å². The Bertz CT molecular complexity index is 251. The molecule has 0 aliphatic carbocycles. The summed E-state index contributed by atoms with van der Waals surface area (Å²) in [5.74, 6) is 0.437. The van der Waals surface area contributed by atoms with Gasteiger partial charge in [0.25, 0.3) is 0 Å². The fourth-order valence-corrected chi connectivity index (χ4v) is 1.67. The van der Waals surface area contributed by atoms with Crippen molar-refractivity contribution in [1.29, 1.82) is 0 Å². The molecular weight excluding hydrogens is 192 g/mol. The normalized spacial score (nSPS) is 22.7. The third-order valence-electron chi connectivity index (χ3n) is 2.66. The highest BCUT2D eigenvalue weighted by Gasteiger charge is 2.30. The van der Waals surface area contributed by atoms with Gasteiger partial charge in [0.15, 0.2) is 0 Å². The number of amides is 2. The molecule has 4 nitrogen and oxygen atoms in total. The van der Waals surface area contributed by atoms with Crippen LogP contribution in [0, 0.1) is 5.92 Å². The lowest BCUT2D eigenvalue weighted by atomic mass is 10.1. The van der Waals surface area contributed by atoms with Gasteiger partial charge in [0, 0.05) is 6.54 Å². The van der Waals surface area contributed by atoms with Crippen LogP contribution >= 0.6 is 0 Å². The maximum atomic E-state index is 11.7. The summed E-state index contributed by atoms with van der Waals surface area (Å²) in [5, 5.41) is 2.87. The first kappa shape index (κ1) is 12.2. The molecule has 86 valence electrons. The minimum Gasteiger partial charge on any atom is -0.298 e. The highest BCUT2D eigenvalue weighted by atomic mass is 16.2. The first-order valence-corrected chi connectivity index (χ1v) is 5.60. The van der Waals surface area contributed by atoms with Gasteiger partial charge >= 0.3 is 0 Å². The number of carbonyl (C=O) groups excluding carboxylic acids is 2. The first-order valence-electron chi connectivity index (χ1n) is 5.60. The molecule has 0 saturated carbocycles. The maximum Gasteiger partial charge on any atom is 0.246 e. The number of piperazine rings is 1. The Balaban J connectivity index is 2.43. The molecule has 1 N–H and O–H groups in total. The van der Waals surface area contributed by atoms with Gasteiger partial charge in [-0.1, -0.05) is 13.8 Å². The van der Waals surface area contributed by atoms with Crippen molar-refractivity contribution in [2.45, 2.75) is 39.7 Å². The zero-order chi connectivity index (χ0) is 11.4. The van der Waals surface area contributed by atoms with Crippen LogP contribution in [0.25, 0.3) is 0 Å². The SMILES string of the molecule is CC(C)CCCN1C(=O)CNC(C)C1=O. The quantitative estimate of drug-likeness (QED) is 0.700. The van der Waals surface area contributed by atoms with E-state index in [-0.39, 0.29) is 24.4 Å². The molecule has 0 aromatic rings. The Morgan fingerprint density at radius 1 is 1.47 bits per heavy atom. The zero-order valence-corrected chi connectivity index (χ0v) is 9.75. The third kappa shape index (κ3) is 3.30. The van der Waals surface area contributed by atoms with Crippen LogP contribution in [-0.4, -0.2) is 35.8 Å². The van der Waals surface area contributed by atoms with Gasteiger partial charge in [0.1, 0.15) is 0 Å². The van der Waals surface area contributed by atoms with Crippen molar-refractivity contribution in [1.82, 2.24) is 10.2 Å². The summed E-state index contributed by atoms with van der Waals surface area (Å²) < 4.78 is 0. The van der Waals surface area contributed by atoms with E-state index in [0.29, 0.717) is 12.5 Å². The van der Waals surface area contributed by atoms with Crippen LogP contribution < -0.4 is 5.32 Å². The summed E-state index contributed by atoms with van der Waals surface area (Å²) in [7, 11) is 0. The molecule has 0 spiro atoms. The summed E-state index contributed by atoms with van der Waals surface area (Å²) in [5.41, 5.74) is 0. The van der Waals surface area contributed by atoms with E-state index in [4.69, 9.17) is 0 Å². The number of nitrogens with one attached hydrogen (secondary N) is 1. The summed E-state index contributed by atoms with van der Waals surface area (Å²) in [4.78, 5) is 24.5. The van der Waals surface area contributed by atoms with Crippen molar-refractivity contribution in [2.24, 2.45) is 5.92 Å². The lowest BCUT2D eigenvalue weighted by molar-refractivity contribution is -0.148. The van der Waals surface area contributed by atoms with Crippen LogP contribution in [0.4, 0.5) is 0 Å². The predicted octanol–water partition coefficient (Wildman–Crippen LogP) is 0.769. The molecule has 0 bridgehead atoms. The second-order valence-corrected chi connectivity index (χ2v) is 4.52. The molecule has 1 saturated heterocycles. The molecule has 1 unspecified atom stereocenters. The molecule has 1 atom stereocenters. The fourth-order valence-electron chi connectivity index (χ4n) is 1.67. The molecule has 0 radical (unpaired) electrons. The Morgan fingerprint density at radius 3 is 2.73 bits per heavy atom. The Morgan fingerprint density at radius 2 is 2.13 bits per heavy atom. The number of nitrogens with zero attached hydrogens (tertiary/aromatic N) is 1. The minimum atomic E-state index is -0.221. The van der Waals surface area contributed by atoms with Crippen molar-refractivity contribution in [3.05, 3.63) is 0 Å². The Kier molecular flexibility index (Phi) is 4.27. The van der Waals surface area contributed by atoms with Crippen LogP contribution in [0.3, 0.4) is 0 Å². The van der Waals surface area contributed by atoms with Gasteiger partial charge in [-0.2, -0.15) is 0 Å². The number of hydrogen-bond donors (Lipinski definition) is 1. The number of imide groups is 1. The highest BCUT2D eigenvalue weighted by molar-refractivity contribution is 6.00. The Labute approximate surface area is 91.0 Å². The van der Waals surface area contributed by atoms with Gasteiger partial charge < -0.3 is 0 Å². The number of hydrogen-bond acceptors (Lipinski definition) is 3. The smallest absolute Gasteiger partial charge is 0.246 e. The van der Waals surface area contributed by atoms with Crippen LogP contribution in [0.2, 0.25) is 0 Å². The van der Waals surface area contributed by atoms with Crippen molar-refractivity contribution in [3.8, 4) is 0 Å². The molecule has 1 fully saturated rings. The zero-order valence-electron chi connectivity index (χ0n) is 9.75. The van der Waals surface area contributed by atoms with Crippen LogP contribution in [-0.2, 0) is 9.59 Å². The molecule has 1 rings (SSSR count). The molecule has 15 heavy (non-hydrogen) atoms. The molecule has 4 heteroatoms. The largest absolute Gasteiger partial charge is 0.298 e. The monoisotopic (exact) mass is 212 g/mol. The molecule has 1 aliphatic rings. The second-order valence-electron chi connectivity index (χ2n) is 4.52. The lowest BCUT2D eigenvalue weighted by Gasteiger charge is -2.29. The van der Waals surface area contributed by atoms with Gasteiger partial charge in [0.05, 0.1) is 12.6 Å². The average molecular weight is 212 g/mol. The topological polar surface area (TPSA) is 49.4 Å². The second kappa shape index (κ2) is 5.26. The highest BCUT2D eigenvalue weighted by Crippen LogP contribution is 2.08. The lowest BCUT2D eigenvalue weighted by Crippen LogP contribution is -2.57. The summed E-state index contributed by atoms with van der Waals surface area (Å²) >= 11 is 0. The molecule has 1 heterocycles. The van der Waals surface area contributed by atoms with Crippen molar-refractivity contribution in [3.63, 3.8) is 0 Å². The third-order valence-corrected chi connectivity index (χ3v) is 2.66. The van der Waals surface area contributed by atoms with Gasteiger partial charge in [-0.05, 0) is 25.7 Å². The molecule has 2 amide bonds. The molecule has 0 aromatic carbocycles. The Hall–Kier alpha value is -0.900. The van der Waals surface area contributed by atoms with E-state index in [1.807, 2.05) is 0 Å². The molecular formula is C11H20N2O2. The van der Waals surface area contributed by atoms with E-state index in [1.165, 1.54) is 4.90 Å². The van der Waals surface area contributed by atoms with E-state index >= 15 is 0 Å². The fraction of sp³-hybridized carbons (Fsp3) is 0.818. The first-order chi connectivity index (χ1) is 7.02. The molecule has 1 aliphatic heterocycles. The van der Waals surface area contributed by atoms with E-state index in [9.17, 15) is 9.59 Å². The van der Waals surface area contributed by atoms with Gasteiger partial charge in [-0.15, -0.1) is 0 Å². The summed E-state index contributed by atoms with van der Waals surface area (Å²) in [6.07, 6.45) is 1.96. The number of rotatable bonds is 4. The standard InChI is InChI=1S/C11H20N2O2/c1-8(2)5-4-6-13-10(14)7-12-9(3)11(13)15/h8-9,12H,4-7H2,1-3H3. The molecule has 0 aromatic heterocycles. The van der Waals surface area contributed by atoms with Gasteiger partial charge in [-0.25, -0.2) is 0 Å². The van der Waals surface area contributed by atoms with Crippen molar-refractivity contribution >= 4 is 11.8 Å². The summed E-state index contributed by atoms with van der Waals surface area (Å²) in [6.45, 7) is 6.94. The maximum absolute atomic E-state index is 11.7. The number of carbonyl (C=O) groups is 2. The van der Waals surface area contributed by atoms with E-state index in [0.717, 1.165) is 12.8 Å². The van der Waals surface area contributed by atoms with Crippen molar-refractivity contribution < 1.29 is 9.59 Å². The predicted molar refractivity (Wildman–Crippen MR) is 58.3 cm³/mol.